The van der Waals surface area contributed by atoms with Crippen LogP contribution in [0.3, 0.4) is 0 Å². The molecule has 6 rings (SSSR count). The van der Waals surface area contributed by atoms with Gasteiger partial charge in [0.2, 0.25) is 0 Å². The number of pyridine rings is 1. The number of amides is 1. The summed E-state index contributed by atoms with van der Waals surface area (Å²) in [5.41, 5.74) is 5.23. The van der Waals surface area contributed by atoms with Crippen molar-refractivity contribution in [3.8, 4) is 17.3 Å². The number of anilines is 2. The Bertz CT molecular complexity index is 1480. The number of carbonyl (C=O) groups is 1. The summed E-state index contributed by atoms with van der Waals surface area (Å²) in [6.07, 6.45) is 0. The number of carbonyl (C=O) groups excluding carboxylic acids is 1. The molecule has 34 heavy (non-hydrogen) atoms. The van der Waals surface area contributed by atoms with Crippen LogP contribution in [0.1, 0.15) is 22.2 Å². The van der Waals surface area contributed by atoms with E-state index >= 15 is 0 Å². The Morgan fingerprint density at radius 3 is 2.82 bits per heavy atom. The zero-order valence-corrected chi connectivity index (χ0v) is 19.6. The third kappa shape index (κ3) is 3.54. The van der Waals surface area contributed by atoms with Crippen LogP contribution < -0.4 is 20.9 Å². The van der Waals surface area contributed by atoms with Gasteiger partial charge in [-0.25, -0.2) is 4.98 Å². The minimum atomic E-state index is -0.0276. The predicted molar refractivity (Wildman–Crippen MR) is 138 cm³/mol. The second kappa shape index (κ2) is 8.28. The van der Waals surface area contributed by atoms with Gasteiger partial charge in [0.15, 0.2) is 0 Å². The van der Waals surface area contributed by atoms with E-state index in [0.29, 0.717) is 12.1 Å². The van der Waals surface area contributed by atoms with Gasteiger partial charge >= 0.3 is 0 Å². The molecule has 3 N–H and O–H groups in total. The second-order valence-corrected chi connectivity index (χ2v) is 9.93. The molecule has 2 aromatic carbocycles. The third-order valence-electron chi connectivity index (χ3n) is 6.52. The first-order valence-corrected chi connectivity index (χ1v) is 12.3. The maximum atomic E-state index is 12.7. The Labute approximate surface area is 201 Å². The molecule has 0 bridgehead atoms. The summed E-state index contributed by atoms with van der Waals surface area (Å²) in [6, 6.07) is 16.5. The topological polar surface area (TPSA) is 93.1 Å². The molecule has 1 saturated heterocycles. The van der Waals surface area contributed by atoms with Crippen molar-refractivity contribution >= 4 is 49.6 Å². The van der Waals surface area contributed by atoms with Gasteiger partial charge in [0.05, 0.1) is 28.5 Å². The highest BCUT2D eigenvalue weighted by Crippen LogP contribution is 2.41. The zero-order chi connectivity index (χ0) is 23.2. The van der Waals surface area contributed by atoms with Gasteiger partial charge in [-0.3, -0.25) is 4.79 Å². The molecule has 7 nitrogen and oxygen atoms in total. The molecule has 8 heteroatoms. The van der Waals surface area contributed by atoms with Crippen molar-refractivity contribution in [2.75, 3.05) is 42.9 Å². The number of nitrogens with one attached hydrogen (secondary N) is 3. The average Bonchev–Trinajstić information content (AvgIpc) is 3.20. The highest BCUT2D eigenvalue weighted by Gasteiger charge is 2.25. The largest absolute Gasteiger partial charge is 0.381 e. The molecule has 4 aromatic rings. The third-order valence-corrected chi connectivity index (χ3v) is 7.67. The Hall–Kier alpha value is -3.67. The summed E-state index contributed by atoms with van der Waals surface area (Å²) in [4.78, 5) is 20.7. The van der Waals surface area contributed by atoms with E-state index in [0.717, 1.165) is 74.7 Å². The van der Waals surface area contributed by atoms with Crippen LogP contribution in [0, 0.1) is 11.3 Å². The highest BCUT2D eigenvalue weighted by molar-refractivity contribution is 7.21. The molecule has 1 atom stereocenters. The molecule has 4 heterocycles. The Kier molecular flexibility index (Phi) is 5.09. The molecule has 0 aliphatic carbocycles. The first-order chi connectivity index (χ1) is 16.6. The van der Waals surface area contributed by atoms with Crippen molar-refractivity contribution < 1.29 is 4.79 Å². The molecule has 0 spiro atoms. The molecule has 0 saturated carbocycles. The zero-order valence-electron chi connectivity index (χ0n) is 18.8. The average molecular weight is 469 g/mol. The Balaban J connectivity index is 1.47. The van der Waals surface area contributed by atoms with E-state index in [1.807, 2.05) is 37.3 Å². The van der Waals surface area contributed by atoms with E-state index in [1.165, 1.54) is 11.3 Å². The fraction of sp³-hybridized carbons (Fsp3) is 0.269. The Morgan fingerprint density at radius 2 is 2.00 bits per heavy atom. The lowest BCUT2D eigenvalue weighted by Crippen LogP contribution is -2.43. The van der Waals surface area contributed by atoms with Crippen molar-refractivity contribution in [3.05, 3.63) is 52.9 Å². The number of hydrogen-bond acceptors (Lipinski definition) is 7. The van der Waals surface area contributed by atoms with Crippen molar-refractivity contribution in [1.82, 2.24) is 15.6 Å². The maximum Gasteiger partial charge on any atom is 0.263 e. The molecule has 0 unspecified atom stereocenters. The van der Waals surface area contributed by atoms with Crippen LogP contribution in [-0.2, 0) is 0 Å². The monoisotopic (exact) mass is 468 g/mol. The first kappa shape index (κ1) is 20.9. The maximum absolute atomic E-state index is 12.7. The van der Waals surface area contributed by atoms with Crippen LogP contribution in [0.15, 0.2) is 42.5 Å². The highest BCUT2D eigenvalue weighted by atomic mass is 32.1. The number of aromatic nitrogens is 1. The van der Waals surface area contributed by atoms with Crippen LogP contribution in [-0.4, -0.2) is 49.7 Å². The summed E-state index contributed by atoms with van der Waals surface area (Å²) >= 11 is 1.51. The SMILES string of the molecule is C[C@@H]1CNc2c(sc3ccc4nc(-c5cc(C#N)cc(N6CCNCC6)c5)ccc4c23)C(=O)N1. The van der Waals surface area contributed by atoms with E-state index in [2.05, 4.69) is 39.1 Å². The molecule has 2 aromatic heterocycles. The van der Waals surface area contributed by atoms with Crippen LogP contribution in [0.25, 0.3) is 32.2 Å². The lowest BCUT2D eigenvalue weighted by Gasteiger charge is -2.30. The smallest absolute Gasteiger partial charge is 0.263 e. The molecular weight excluding hydrogens is 444 g/mol. The van der Waals surface area contributed by atoms with Crippen molar-refractivity contribution in [2.24, 2.45) is 0 Å². The molecule has 1 amide bonds. The van der Waals surface area contributed by atoms with Gasteiger partial charge in [-0.15, -0.1) is 11.3 Å². The number of nitriles is 1. The molecule has 170 valence electrons. The van der Waals surface area contributed by atoms with Gasteiger partial charge in [-0.1, -0.05) is 0 Å². The molecule has 2 aliphatic heterocycles. The van der Waals surface area contributed by atoms with Crippen LogP contribution in [0.2, 0.25) is 0 Å². The minimum Gasteiger partial charge on any atom is -0.381 e. The van der Waals surface area contributed by atoms with Gasteiger partial charge < -0.3 is 20.9 Å². The van der Waals surface area contributed by atoms with Crippen LogP contribution in [0.5, 0.6) is 0 Å². The van der Waals surface area contributed by atoms with Crippen molar-refractivity contribution in [3.63, 3.8) is 0 Å². The van der Waals surface area contributed by atoms with Gasteiger partial charge in [0.25, 0.3) is 5.91 Å². The number of thiophene rings is 1. The van der Waals surface area contributed by atoms with Gasteiger partial charge in [0.1, 0.15) is 4.88 Å². The van der Waals surface area contributed by atoms with Crippen LogP contribution >= 0.6 is 11.3 Å². The molecular formula is C26H24N6OS. The van der Waals surface area contributed by atoms with Crippen molar-refractivity contribution in [2.45, 2.75) is 13.0 Å². The van der Waals surface area contributed by atoms with Crippen molar-refractivity contribution in [1.29, 1.82) is 5.26 Å². The van der Waals surface area contributed by atoms with Gasteiger partial charge in [-0.05, 0) is 49.4 Å². The minimum absolute atomic E-state index is 0.0276. The summed E-state index contributed by atoms with van der Waals surface area (Å²) < 4.78 is 1.07. The second-order valence-electron chi connectivity index (χ2n) is 8.88. The standard InChI is InChI=1S/C26H24N6OS/c1-15-14-29-24-23-19-2-3-20(31-21(19)4-5-22(23)34-25(24)26(33)30-15)17-10-16(13-27)11-18(12-17)32-8-6-28-7-9-32/h2-5,10-12,15,28-29H,6-9,14H2,1H3,(H,30,33)/t15-/m1/s1. The van der Waals surface area contributed by atoms with Gasteiger partial charge in [-0.2, -0.15) is 5.26 Å². The van der Waals surface area contributed by atoms with Gasteiger partial charge in [0, 0.05) is 65.5 Å². The summed E-state index contributed by atoms with van der Waals surface area (Å²) in [5, 5.41) is 21.6. The molecule has 0 radical (unpaired) electrons. The number of benzene rings is 2. The van der Waals surface area contributed by atoms with E-state index in [-0.39, 0.29) is 11.9 Å². The van der Waals surface area contributed by atoms with E-state index < -0.39 is 0 Å². The first-order valence-electron chi connectivity index (χ1n) is 11.5. The molecule has 1 fully saturated rings. The fourth-order valence-corrected chi connectivity index (χ4v) is 5.91. The summed E-state index contributed by atoms with van der Waals surface area (Å²) in [7, 11) is 0. The normalized spacial score (nSPS) is 18.2. The number of nitrogens with zero attached hydrogens (tertiary/aromatic N) is 3. The molecule has 2 aliphatic rings. The van der Waals surface area contributed by atoms with Crippen LogP contribution in [0.4, 0.5) is 11.4 Å². The van der Waals surface area contributed by atoms with E-state index in [4.69, 9.17) is 4.98 Å². The summed E-state index contributed by atoms with van der Waals surface area (Å²) in [6.45, 7) is 6.39. The predicted octanol–water partition coefficient (Wildman–Crippen LogP) is 3.94. The number of fused-ring (bicyclic) bond motifs is 5. The van der Waals surface area contributed by atoms with E-state index in [9.17, 15) is 10.1 Å². The summed E-state index contributed by atoms with van der Waals surface area (Å²) in [5.74, 6) is -0.0276. The lowest BCUT2D eigenvalue weighted by atomic mass is 10.0. The number of rotatable bonds is 2. The quantitative estimate of drug-likeness (QED) is 0.413. The van der Waals surface area contributed by atoms with E-state index in [1.54, 1.807) is 0 Å². The number of piperazine rings is 1. The lowest BCUT2D eigenvalue weighted by molar-refractivity contribution is 0.0949. The fourth-order valence-electron chi connectivity index (χ4n) is 4.82. The Morgan fingerprint density at radius 1 is 1.15 bits per heavy atom. The number of hydrogen-bond donors (Lipinski definition) is 3.